The summed E-state index contributed by atoms with van der Waals surface area (Å²) in [5.41, 5.74) is 3.28. The molecule has 198 valence electrons. The molecule has 0 unspecified atom stereocenters. The Labute approximate surface area is 226 Å². The van der Waals surface area contributed by atoms with E-state index in [2.05, 4.69) is 0 Å². The van der Waals surface area contributed by atoms with Gasteiger partial charge < -0.3 is 19.5 Å². The Bertz CT molecular complexity index is 1290. The van der Waals surface area contributed by atoms with Crippen LogP contribution in [0.15, 0.2) is 71.6 Å². The van der Waals surface area contributed by atoms with Crippen molar-refractivity contribution in [2.75, 3.05) is 26.0 Å². The first-order chi connectivity index (χ1) is 18.2. The molecule has 0 aliphatic carbocycles. The van der Waals surface area contributed by atoms with Crippen LogP contribution >= 0.6 is 11.8 Å². The van der Waals surface area contributed by atoms with Crippen molar-refractivity contribution < 1.29 is 29.0 Å². The van der Waals surface area contributed by atoms with Crippen LogP contribution in [0.1, 0.15) is 27.0 Å². The van der Waals surface area contributed by atoms with Crippen molar-refractivity contribution in [2.45, 2.75) is 25.2 Å². The van der Waals surface area contributed by atoms with E-state index in [1.54, 1.807) is 40.9 Å². The molecule has 2 atom stereocenters. The number of para-hydroxylation sites is 1. The summed E-state index contributed by atoms with van der Waals surface area (Å²) < 4.78 is 11.0. The lowest BCUT2D eigenvalue weighted by Crippen LogP contribution is -2.32. The van der Waals surface area contributed by atoms with Crippen molar-refractivity contribution in [3.05, 3.63) is 89.0 Å². The quantitative estimate of drug-likeness (QED) is 0.280. The number of carbonyl (C=O) groups is 3. The van der Waals surface area contributed by atoms with Crippen LogP contribution in [0.2, 0.25) is 0 Å². The van der Waals surface area contributed by atoms with Crippen LogP contribution in [-0.4, -0.2) is 53.8 Å². The minimum Gasteiger partial charge on any atom is -0.481 e. The molecule has 1 amide bonds. The van der Waals surface area contributed by atoms with Crippen LogP contribution < -0.4 is 9.47 Å². The molecule has 1 saturated heterocycles. The Morgan fingerprint density at radius 1 is 0.974 bits per heavy atom. The van der Waals surface area contributed by atoms with Gasteiger partial charge in [0.05, 0.1) is 0 Å². The molecule has 1 aliphatic rings. The number of nitrogens with zero attached hydrogens (tertiary/aromatic N) is 1. The number of rotatable bonds is 9. The highest BCUT2D eigenvalue weighted by Crippen LogP contribution is 2.33. The molecule has 3 aromatic rings. The number of carboxylic acid groups (broad SMARTS) is 1. The molecule has 7 nitrogen and oxygen atoms in total. The van der Waals surface area contributed by atoms with Gasteiger partial charge >= 0.3 is 12.1 Å². The Kier molecular flexibility index (Phi) is 8.73. The van der Waals surface area contributed by atoms with Gasteiger partial charge in [-0.1, -0.05) is 42.5 Å². The van der Waals surface area contributed by atoms with E-state index in [1.807, 2.05) is 62.6 Å². The molecule has 0 aromatic heterocycles. The maximum atomic E-state index is 13.6. The minimum absolute atomic E-state index is 0.00696. The molecule has 4 rings (SSSR count). The van der Waals surface area contributed by atoms with Gasteiger partial charge in [-0.15, -0.1) is 11.8 Å². The van der Waals surface area contributed by atoms with Gasteiger partial charge in [0.1, 0.15) is 11.5 Å². The summed E-state index contributed by atoms with van der Waals surface area (Å²) in [4.78, 5) is 40.3. The predicted octanol–water partition coefficient (Wildman–Crippen LogP) is 5.66. The van der Waals surface area contributed by atoms with E-state index < -0.39 is 18.7 Å². The fraction of sp³-hybridized carbons (Fsp3) is 0.300. The fourth-order valence-electron chi connectivity index (χ4n) is 4.97. The number of amides is 1. The Morgan fingerprint density at radius 3 is 2.24 bits per heavy atom. The lowest BCUT2D eigenvalue weighted by atomic mass is 9.84. The third-order valence-electron chi connectivity index (χ3n) is 6.72. The van der Waals surface area contributed by atoms with Gasteiger partial charge in [0.25, 0.3) is 0 Å². The molecular formula is C30H31NO6S. The lowest BCUT2D eigenvalue weighted by Gasteiger charge is -2.19. The first-order valence-corrected chi connectivity index (χ1v) is 13.6. The van der Waals surface area contributed by atoms with E-state index >= 15 is 0 Å². The number of carbonyl (C=O) groups excluding carboxylic acids is 2. The summed E-state index contributed by atoms with van der Waals surface area (Å²) in [6, 6.07) is 20.4. The van der Waals surface area contributed by atoms with E-state index in [9.17, 15) is 14.4 Å². The van der Waals surface area contributed by atoms with Crippen molar-refractivity contribution in [1.82, 2.24) is 4.90 Å². The first-order valence-electron chi connectivity index (χ1n) is 12.4. The summed E-state index contributed by atoms with van der Waals surface area (Å²) in [7, 11) is 0. The van der Waals surface area contributed by atoms with Crippen LogP contribution in [0, 0.1) is 25.7 Å². The van der Waals surface area contributed by atoms with Crippen molar-refractivity contribution in [3.63, 3.8) is 0 Å². The number of hydrogen-bond acceptors (Lipinski definition) is 6. The smallest absolute Gasteiger partial charge is 0.415 e. The predicted molar refractivity (Wildman–Crippen MR) is 146 cm³/mol. The van der Waals surface area contributed by atoms with Crippen LogP contribution in [-0.2, 0) is 11.2 Å². The molecule has 1 fully saturated rings. The number of ketones is 1. The molecule has 0 spiro atoms. The van der Waals surface area contributed by atoms with Crippen LogP contribution in [0.5, 0.6) is 11.5 Å². The summed E-state index contributed by atoms with van der Waals surface area (Å²) in [6.07, 6.45) is 2.09. The maximum Gasteiger partial charge on any atom is 0.415 e. The molecule has 1 aliphatic heterocycles. The normalized spacial score (nSPS) is 16.8. The number of benzene rings is 3. The maximum absolute atomic E-state index is 13.6. The largest absolute Gasteiger partial charge is 0.481 e. The zero-order chi connectivity index (χ0) is 27.2. The van der Waals surface area contributed by atoms with Gasteiger partial charge in [-0.25, -0.2) is 9.59 Å². The van der Waals surface area contributed by atoms with Crippen LogP contribution in [0.3, 0.4) is 0 Å². The van der Waals surface area contributed by atoms with Crippen LogP contribution in [0.25, 0.3) is 0 Å². The SMILES string of the molecule is CSc1ccc(C(=O)[C@@H]2CN(C(=O)Oc3ccccc3)C[C@H]2Cc2cc(C)c(OCC(=O)O)c(C)c2)cc1. The highest BCUT2D eigenvalue weighted by molar-refractivity contribution is 7.98. The topological polar surface area (TPSA) is 93.1 Å². The van der Waals surface area contributed by atoms with Crippen LogP contribution in [0.4, 0.5) is 4.79 Å². The standard InChI is InChI=1S/C30H31NO6S/c1-19-13-21(14-20(2)29(19)36-18-27(32)33)15-23-16-31(30(35)37-24-7-5-4-6-8-24)17-26(23)28(34)22-9-11-25(38-3)12-10-22/h4-14,23,26H,15-18H2,1-3H3,(H,32,33)/t23-,26-/m1/s1. The van der Waals surface area contributed by atoms with Crippen molar-refractivity contribution in [3.8, 4) is 11.5 Å². The zero-order valence-corrected chi connectivity index (χ0v) is 22.5. The molecule has 38 heavy (non-hydrogen) atoms. The third kappa shape index (κ3) is 6.55. The van der Waals surface area contributed by atoms with Gasteiger partial charge in [0, 0.05) is 29.5 Å². The minimum atomic E-state index is -1.03. The third-order valence-corrected chi connectivity index (χ3v) is 7.46. The number of aliphatic carboxylic acids is 1. The number of thioether (sulfide) groups is 1. The summed E-state index contributed by atoms with van der Waals surface area (Å²) in [6.45, 7) is 4.01. The van der Waals surface area contributed by atoms with E-state index in [1.165, 1.54) is 0 Å². The number of aryl methyl sites for hydroxylation is 2. The molecule has 0 saturated carbocycles. The summed E-state index contributed by atoms with van der Waals surface area (Å²) in [5.74, 6) is -0.518. The van der Waals surface area contributed by atoms with Gasteiger partial charge in [0.2, 0.25) is 0 Å². The average molecular weight is 534 g/mol. The molecule has 0 bridgehead atoms. The average Bonchev–Trinajstić information content (AvgIpc) is 3.32. The van der Waals surface area contributed by atoms with Gasteiger partial charge in [0.15, 0.2) is 12.4 Å². The summed E-state index contributed by atoms with van der Waals surface area (Å²) >= 11 is 1.61. The Morgan fingerprint density at radius 2 is 1.63 bits per heavy atom. The second kappa shape index (κ2) is 12.2. The highest BCUT2D eigenvalue weighted by Gasteiger charge is 2.40. The van der Waals surface area contributed by atoms with E-state index in [-0.39, 0.29) is 24.2 Å². The number of Topliss-reactive ketones (excluding diaryl/α,β-unsaturated/α-hetero) is 1. The second-order valence-corrected chi connectivity index (χ2v) is 10.4. The molecule has 8 heteroatoms. The highest BCUT2D eigenvalue weighted by atomic mass is 32.2. The molecule has 1 N–H and O–H groups in total. The molecule has 3 aromatic carbocycles. The van der Waals surface area contributed by atoms with Gasteiger partial charge in [-0.3, -0.25) is 4.79 Å². The number of ether oxygens (including phenoxy) is 2. The number of likely N-dealkylation sites (tertiary alicyclic amines) is 1. The van der Waals surface area contributed by atoms with Crippen molar-refractivity contribution >= 4 is 29.6 Å². The monoisotopic (exact) mass is 533 g/mol. The fourth-order valence-corrected chi connectivity index (χ4v) is 5.38. The summed E-state index contributed by atoms with van der Waals surface area (Å²) in [5, 5.41) is 8.97. The van der Waals surface area contributed by atoms with Gasteiger partial charge in [-0.05, 0) is 73.4 Å². The number of hydrogen-bond donors (Lipinski definition) is 1. The Balaban J connectivity index is 1.57. The molecule has 1 heterocycles. The van der Waals surface area contributed by atoms with Crippen molar-refractivity contribution in [1.29, 1.82) is 0 Å². The molecule has 0 radical (unpaired) electrons. The first kappa shape index (κ1) is 27.3. The van der Waals surface area contributed by atoms with E-state index in [0.29, 0.717) is 30.0 Å². The number of carboxylic acids is 1. The Hall–Kier alpha value is -3.78. The van der Waals surface area contributed by atoms with Gasteiger partial charge in [-0.2, -0.15) is 0 Å². The van der Waals surface area contributed by atoms with Crippen molar-refractivity contribution in [2.24, 2.45) is 11.8 Å². The lowest BCUT2D eigenvalue weighted by molar-refractivity contribution is -0.139. The zero-order valence-electron chi connectivity index (χ0n) is 21.7. The second-order valence-electron chi connectivity index (χ2n) is 9.49. The molecular weight excluding hydrogens is 502 g/mol. The van der Waals surface area contributed by atoms with E-state index in [4.69, 9.17) is 14.6 Å². The van der Waals surface area contributed by atoms with E-state index in [0.717, 1.165) is 21.6 Å².